The lowest BCUT2D eigenvalue weighted by Gasteiger charge is -2.07. The molecule has 2 rings (SSSR count). The van der Waals surface area contributed by atoms with Crippen molar-refractivity contribution >= 4 is 5.69 Å². The van der Waals surface area contributed by atoms with Crippen molar-refractivity contribution in [1.82, 2.24) is 4.57 Å². The minimum absolute atomic E-state index is 0.262. The Kier molecular flexibility index (Phi) is 3.87. The van der Waals surface area contributed by atoms with Crippen LogP contribution < -0.4 is 10.1 Å². The number of nitrogens with zero attached hydrogens (tertiary/aromatic N) is 1. The third kappa shape index (κ3) is 2.83. The first kappa shape index (κ1) is 12.5. The lowest BCUT2D eigenvalue weighted by atomic mass is 10.2. The molecule has 0 spiro atoms. The van der Waals surface area contributed by atoms with Crippen molar-refractivity contribution in [3.8, 4) is 5.75 Å². The summed E-state index contributed by atoms with van der Waals surface area (Å²) in [6.07, 6.45) is 4.11. The molecule has 0 saturated carbocycles. The van der Waals surface area contributed by atoms with Crippen LogP contribution in [0.5, 0.6) is 5.75 Å². The van der Waals surface area contributed by atoms with Crippen LogP contribution in [0.4, 0.5) is 10.1 Å². The van der Waals surface area contributed by atoms with E-state index < -0.39 is 0 Å². The summed E-state index contributed by atoms with van der Waals surface area (Å²) in [6, 6.07) is 6.92. The van der Waals surface area contributed by atoms with Gasteiger partial charge < -0.3 is 14.6 Å². The molecule has 96 valence electrons. The molecule has 0 amide bonds. The van der Waals surface area contributed by atoms with Gasteiger partial charge in [-0.1, -0.05) is 0 Å². The molecule has 18 heavy (non-hydrogen) atoms. The second-order valence-corrected chi connectivity index (χ2v) is 4.05. The maximum Gasteiger partial charge on any atom is 0.167 e. The van der Waals surface area contributed by atoms with E-state index in [-0.39, 0.29) is 11.6 Å². The van der Waals surface area contributed by atoms with E-state index in [1.807, 2.05) is 6.20 Å². The molecule has 0 unspecified atom stereocenters. The van der Waals surface area contributed by atoms with Gasteiger partial charge in [0.05, 0.1) is 7.11 Å². The summed E-state index contributed by atoms with van der Waals surface area (Å²) in [7, 11) is 1.46. The highest BCUT2D eigenvalue weighted by Crippen LogP contribution is 2.21. The van der Waals surface area contributed by atoms with Crippen LogP contribution in [0.25, 0.3) is 0 Å². The number of rotatable bonds is 5. The first-order valence-electron chi connectivity index (χ1n) is 5.95. The Morgan fingerprint density at radius 1 is 1.33 bits per heavy atom. The monoisotopic (exact) mass is 248 g/mol. The Morgan fingerprint density at radius 3 is 2.78 bits per heavy atom. The maximum absolute atomic E-state index is 13.5. The lowest BCUT2D eigenvalue weighted by molar-refractivity contribution is 0.386. The van der Waals surface area contributed by atoms with Gasteiger partial charge in [-0.05, 0) is 30.7 Å². The summed E-state index contributed by atoms with van der Waals surface area (Å²) in [6.45, 7) is 3.73. The van der Waals surface area contributed by atoms with Crippen LogP contribution in [0.2, 0.25) is 0 Å². The Morgan fingerprint density at radius 2 is 2.17 bits per heavy atom. The fraction of sp³-hybridized carbons (Fsp3) is 0.286. The van der Waals surface area contributed by atoms with E-state index >= 15 is 0 Å². The quantitative estimate of drug-likeness (QED) is 0.879. The number of anilines is 1. The van der Waals surface area contributed by atoms with E-state index in [0.717, 1.165) is 12.2 Å². The topological polar surface area (TPSA) is 26.2 Å². The number of aryl methyl sites for hydroxylation is 1. The molecule has 0 fully saturated rings. The summed E-state index contributed by atoms with van der Waals surface area (Å²) in [4.78, 5) is 0. The van der Waals surface area contributed by atoms with E-state index in [9.17, 15) is 4.39 Å². The van der Waals surface area contributed by atoms with Crippen molar-refractivity contribution in [1.29, 1.82) is 0 Å². The average Bonchev–Trinajstić information content (AvgIpc) is 2.84. The Bertz CT molecular complexity index is 522. The van der Waals surface area contributed by atoms with Crippen molar-refractivity contribution in [2.75, 3.05) is 12.4 Å². The number of ether oxygens (including phenoxy) is 1. The molecule has 0 saturated heterocycles. The first-order chi connectivity index (χ1) is 8.72. The van der Waals surface area contributed by atoms with Crippen molar-refractivity contribution in [3.63, 3.8) is 0 Å². The molecule has 4 heteroatoms. The second-order valence-electron chi connectivity index (χ2n) is 4.05. The van der Waals surface area contributed by atoms with Crippen LogP contribution in [0.3, 0.4) is 0 Å². The van der Waals surface area contributed by atoms with Gasteiger partial charge in [0.15, 0.2) is 11.6 Å². The summed E-state index contributed by atoms with van der Waals surface area (Å²) < 4.78 is 20.4. The van der Waals surface area contributed by atoms with E-state index in [1.54, 1.807) is 12.1 Å². The van der Waals surface area contributed by atoms with Crippen molar-refractivity contribution < 1.29 is 9.13 Å². The summed E-state index contributed by atoms with van der Waals surface area (Å²) in [5.74, 6) is -0.0914. The average molecular weight is 248 g/mol. The number of hydrogen-bond donors (Lipinski definition) is 1. The Hall–Kier alpha value is -1.97. The second kappa shape index (κ2) is 5.58. The Labute approximate surface area is 106 Å². The SMILES string of the molecule is CCn1ccc(CNc2ccc(OC)c(F)c2)c1. The molecule has 0 aliphatic carbocycles. The molecular formula is C14H17FN2O. The maximum atomic E-state index is 13.5. The molecule has 0 atom stereocenters. The molecule has 1 N–H and O–H groups in total. The third-order valence-corrected chi connectivity index (χ3v) is 2.83. The summed E-state index contributed by atoms with van der Waals surface area (Å²) >= 11 is 0. The van der Waals surface area contributed by atoms with Crippen molar-refractivity contribution in [2.24, 2.45) is 0 Å². The molecule has 1 heterocycles. The van der Waals surface area contributed by atoms with Crippen LogP contribution in [-0.2, 0) is 13.1 Å². The predicted octanol–water partition coefficient (Wildman–Crippen LogP) is 3.27. The van der Waals surface area contributed by atoms with Gasteiger partial charge in [0.1, 0.15) is 0 Å². The van der Waals surface area contributed by atoms with Gasteiger partial charge in [-0.15, -0.1) is 0 Å². The minimum Gasteiger partial charge on any atom is -0.494 e. The number of benzene rings is 1. The third-order valence-electron chi connectivity index (χ3n) is 2.83. The number of nitrogens with one attached hydrogen (secondary N) is 1. The lowest BCUT2D eigenvalue weighted by Crippen LogP contribution is -1.99. The molecule has 0 aliphatic rings. The zero-order valence-corrected chi connectivity index (χ0v) is 10.6. The summed E-state index contributed by atoms with van der Waals surface area (Å²) in [5, 5.41) is 3.18. The van der Waals surface area contributed by atoms with Crippen LogP contribution in [0.1, 0.15) is 12.5 Å². The molecule has 1 aromatic carbocycles. The summed E-state index contributed by atoms with van der Waals surface area (Å²) in [5.41, 5.74) is 1.92. The van der Waals surface area contributed by atoms with Crippen molar-refractivity contribution in [3.05, 3.63) is 48.0 Å². The number of methoxy groups -OCH3 is 1. The fourth-order valence-corrected chi connectivity index (χ4v) is 1.77. The largest absolute Gasteiger partial charge is 0.494 e. The van der Waals surface area contributed by atoms with Crippen LogP contribution in [-0.4, -0.2) is 11.7 Å². The standard InChI is InChI=1S/C14H17FN2O/c1-3-17-7-6-11(10-17)9-16-12-4-5-14(18-2)13(15)8-12/h4-8,10,16H,3,9H2,1-2H3. The number of hydrogen-bond acceptors (Lipinski definition) is 2. The van der Waals surface area contributed by atoms with E-state index in [0.29, 0.717) is 6.54 Å². The van der Waals surface area contributed by atoms with E-state index in [4.69, 9.17) is 4.74 Å². The smallest absolute Gasteiger partial charge is 0.167 e. The van der Waals surface area contributed by atoms with Crippen LogP contribution in [0, 0.1) is 5.82 Å². The van der Waals surface area contributed by atoms with Gasteiger partial charge in [-0.3, -0.25) is 0 Å². The fourth-order valence-electron chi connectivity index (χ4n) is 1.77. The molecule has 2 aromatic rings. The molecular weight excluding hydrogens is 231 g/mol. The van der Waals surface area contributed by atoms with Crippen LogP contribution >= 0.6 is 0 Å². The highest BCUT2D eigenvalue weighted by Gasteiger charge is 2.03. The predicted molar refractivity (Wildman–Crippen MR) is 70.4 cm³/mol. The number of halogens is 1. The van der Waals surface area contributed by atoms with Crippen molar-refractivity contribution in [2.45, 2.75) is 20.0 Å². The van der Waals surface area contributed by atoms with Gasteiger partial charge in [-0.25, -0.2) is 4.39 Å². The zero-order chi connectivity index (χ0) is 13.0. The zero-order valence-electron chi connectivity index (χ0n) is 10.6. The molecule has 0 aliphatic heterocycles. The van der Waals surface area contributed by atoms with E-state index in [2.05, 4.69) is 29.1 Å². The first-order valence-corrected chi connectivity index (χ1v) is 5.95. The molecule has 1 aromatic heterocycles. The normalized spacial score (nSPS) is 10.4. The van der Waals surface area contributed by atoms with Gasteiger partial charge in [0, 0.05) is 37.2 Å². The highest BCUT2D eigenvalue weighted by molar-refractivity contribution is 5.47. The molecule has 3 nitrogen and oxygen atoms in total. The number of aromatic nitrogens is 1. The van der Waals surface area contributed by atoms with E-state index in [1.165, 1.54) is 18.7 Å². The molecule has 0 bridgehead atoms. The Balaban J connectivity index is 1.99. The minimum atomic E-state index is -0.353. The van der Waals surface area contributed by atoms with Gasteiger partial charge in [-0.2, -0.15) is 0 Å². The van der Waals surface area contributed by atoms with Crippen LogP contribution in [0.15, 0.2) is 36.7 Å². The van der Waals surface area contributed by atoms with Gasteiger partial charge >= 0.3 is 0 Å². The van der Waals surface area contributed by atoms with Gasteiger partial charge in [0.2, 0.25) is 0 Å². The molecule has 0 radical (unpaired) electrons. The highest BCUT2D eigenvalue weighted by atomic mass is 19.1. The van der Waals surface area contributed by atoms with Gasteiger partial charge in [0.25, 0.3) is 0 Å².